The Kier molecular flexibility index (Phi) is 4.37. The van der Waals surface area contributed by atoms with Gasteiger partial charge in [-0.2, -0.15) is 0 Å². The molecule has 0 fully saturated rings. The van der Waals surface area contributed by atoms with Crippen molar-refractivity contribution in [3.63, 3.8) is 0 Å². The minimum atomic E-state index is 0.0257. The van der Waals surface area contributed by atoms with Crippen molar-refractivity contribution in [3.8, 4) is 0 Å². The fourth-order valence-corrected chi connectivity index (χ4v) is 2.69. The molecular weight excluding hydrogens is 288 g/mol. The SMILES string of the molecule is CCN(CCc1ccncc1)C(=O)c1cccn2cc(C)nc12. The second kappa shape index (κ2) is 6.60. The molecule has 0 aliphatic rings. The Bertz CT molecular complexity index is 810. The van der Waals surface area contributed by atoms with Crippen LogP contribution < -0.4 is 0 Å². The highest BCUT2D eigenvalue weighted by molar-refractivity contribution is 5.99. The normalized spacial score (nSPS) is 10.9. The van der Waals surface area contributed by atoms with Crippen molar-refractivity contribution in [2.24, 2.45) is 0 Å². The second-order valence-electron chi connectivity index (χ2n) is 5.53. The third-order valence-corrected chi connectivity index (χ3v) is 3.92. The Morgan fingerprint density at radius 2 is 2.04 bits per heavy atom. The molecule has 0 spiro atoms. The molecule has 0 aromatic carbocycles. The van der Waals surface area contributed by atoms with E-state index in [0.717, 1.165) is 17.8 Å². The summed E-state index contributed by atoms with van der Waals surface area (Å²) < 4.78 is 1.90. The van der Waals surface area contributed by atoms with E-state index in [1.807, 2.05) is 59.8 Å². The van der Waals surface area contributed by atoms with Crippen molar-refractivity contribution >= 4 is 11.6 Å². The quantitative estimate of drug-likeness (QED) is 0.728. The van der Waals surface area contributed by atoms with Crippen LogP contribution in [-0.2, 0) is 6.42 Å². The van der Waals surface area contributed by atoms with Gasteiger partial charge in [0.15, 0.2) is 0 Å². The summed E-state index contributed by atoms with van der Waals surface area (Å²) in [5.41, 5.74) is 3.46. The highest BCUT2D eigenvalue weighted by Gasteiger charge is 2.18. The van der Waals surface area contributed by atoms with Gasteiger partial charge in [-0.3, -0.25) is 9.78 Å². The van der Waals surface area contributed by atoms with E-state index in [2.05, 4.69) is 9.97 Å². The summed E-state index contributed by atoms with van der Waals surface area (Å²) in [4.78, 5) is 23.2. The predicted octanol–water partition coefficient (Wildman–Crippen LogP) is 2.74. The second-order valence-corrected chi connectivity index (χ2v) is 5.53. The lowest BCUT2D eigenvalue weighted by atomic mass is 10.1. The van der Waals surface area contributed by atoms with Crippen LogP contribution in [0.4, 0.5) is 0 Å². The zero-order chi connectivity index (χ0) is 16.2. The first kappa shape index (κ1) is 15.2. The van der Waals surface area contributed by atoms with E-state index >= 15 is 0 Å². The average Bonchev–Trinajstić information content (AvgIpc) is 2.96. The van der Waals surface area contributed by atoms with Crippen molar-refractivity contribution in [3.05, 3.63) is 65.9 Å². The first-order chi connectivity index (χ1) is 11.2. The molecule has 0 N–H and O–H groups in total. The van der Waals surface area contributed by atoms with Gasteiger partial charge in [0.2, 0.25) is 0 Å². The molecule has 3 aromatic heterocycles. The fourth-order valence-electron chi connectivity index (χ4n) is 2.69. The van der Waals surface area contributed by atoms with Crippen LogP contribution in [0, 0.1) is 6.92 Å². The smallest absolute Gasteiger partial charge is 0.257 e. The monoisotopic (exact) mass is 308 g/mol. The zero-order valence-electron chi connectivity index (χ0n) is 13.4. The summed E-state index contributed by atoms with van der Waals surface area (Å²) in [5.74, 6) is 0.0257. The van der Waals surface area contributed by atoms with Crippen LogP contribution in [0.3, 0.4) is 0 Å². The number of rotatable bonds is 5. The summed E-state index contributed by atoms with van der Waals surface area (Å²) in [5, 5.41) is 0. The van der Waals surface area contributed by atoms with Crippen LogP contribution >= 0.6 is 0 Å². The molecule has 0 aliphatic heterocycles. The van der Waals surface area contributed by atoms with E-state index in [4.69, 9.17) is 0 Å². The van der Waals surface area contributed by atoms with Crippen LogP contribution in [0.25, 0.3) is 5.65 Å². The number of aromatic nitrogens is 3. The number of aryl methyl sites for hydroxylation is 1. The average molecular weight is 308 g/mol. The number of amides is 1. The van der Waals surface area contributed by atoms with Gasteiger partial charge in [0.25, 0.3) is 5.91 Å². The van der Waals surface area contributed by atoms with Gasteiger partial charge in [0.1, 0.15) is 5.65 Å². The molecule has 3 aromatic rings. The number of carbonyl (C=O) groups excluding carboxylic acids is 1. The van der Waals surface area contributed by atoms with Crippen molar-refractivity contribution in [1.29, 1.82) is 0 Å². The number of hydrogen-bond donors (Lipinski definition) is 0. The minimum Gasteiger partial charge on any atom is -0.338 e. The van der Waals surface area contributed by atoms with Crippen LogP contribution in [0.5, 0.6) is 0 Å². The van der Waals surface area contributed by atoms with Gasteiger partial charge in [-0.25, -0.2) is 4.98 Å². The first-order valence-electron chi connectivity index (χ1n) is 7.81. The van der Waals surface area contributed by atoms with E-state index in [1.54, 1.807) is 12.4 Å². The number of carbonyl (C=O) groups is 1. The fraction of sp³-hybridized carbons (Fsp3) is 0.278. The van der Waals surface area contributed by atoms with Gasteiger partial charge in [0, 0.05) is 37.9 Å². The van der Waals surface area contributed by atoms with Crippen LogP contribution in [0.15, 0.2) is 49.1 Å². The molecule has 3 heterocycles. The lowest BCUT2D eigenvalue weighted by molar-refractivity contribution is 0.0767. The third kappa shape index (κ3) is 3.23. The largest absolute Gasteiger partial charge is 0.338 e. The van der Waals surface area contributed by atoms with Crippen molar-refractivity contribution in [1.82, 2.24) is 19.3 Å². The Labute approximate surface area is 135 Å². The zero-order valence-corrected chi connectivity index (χ0v) is 13.4. The molecule has 118 valence electrons. The van der Waals surface area contributed by atoms with E-state index in [1.165, 1.54) is 5.56 Å². The molecule has 5 heteroatoms. The Morgan fingerprint density at radius 3 is 2.78 bits per heavy atom. The summed E-state index contributed by atoms with van der Waals surface area (Å²) in [7, 11) is 0. The summed E-state index contributed by atoms with van der Waals surface area (Å²) in [6, 6.07) is 7.70. The summed E-state index contributed by atoms with van der Waals surface area (Å²) in [6.07, 6.45) is 8.22. The summed E-state index contributed by atoms with van der Waals surface area (Å²) >= 11 is 0. The van der Waals surface area contributed by atoms with Gasteiger partial charge in [-0.05, 0) is 50.1 Å². The minimum absolute atomic E-state index is 0.0257. The third-order valence-electron chi connectivity index (χ3n) is 3.92. The lowest BCUT2D eigenvalue weighted by Gasteiger charge is -2.21. The maximum absolute atomic E-state index is 12.9. The highest BCUT2D eigenvalue weighted by Crippen LogP contribution is 2.14. The van der Waals surface area contributed by atoms with Gasteiger partial charge >= 0.3 is 0 Å². The van der Waals surface area contributed by atoms with Crippen molar-refractivity contribution in [2.75, 3.05) is 13.1 Å². The highest BCUT2D eigenvalue weighted by atomic mass is 16.2. The number of likely N-dealkylation sites (N-methyl/N-ethyl adjacent to an activating group) is 1. The van der Waals surface area contributed by atoms with Crippen LogP contribution in [0.2, 0.25) is 0 Å². The topological polar surface area (TPSA) is 50.5 Å². The first-order valence-corrected chi connectivity index (χ1v) is 7.81. The Hall–Kier alpha value is -2.69. The molecule has 1 amide bonds. The van der Waals surface area contributed by atoms with Gasteiger partial charge in [0.05, 0.1) is 11.3 Å². The lowest BCUT2D eigenvalue weighted by Crippen LogP contribution is -2.33. The molecule has 23 heavy (non-hydrogen) atoms. The molecule has 0 saturated heterocycles. The van der Waals surface area contributed by atoms with Gasteiger partial charge in [-0.15, -0.1) is 0 Å². The van der Waals surface area contributed by atoms with E-state index < -0.39 is 0 Å². The van der Waals surface area contributed by atoms with Crippen LogP contribution in [0.1, 0.15) is 28.5 Å². The van der Waals surface area contributed by atoms with E-state index in [0.29, 0.717) is 18.7 Å². The maximum Gasteiger partial charge on any atom is 0.257 e. The maximum atomic E-state index is 12.9. The predicted molar refractivity (Wildman–Crippen MR) is 89.4 cm³/mol. The molecule has 0 radical (unpaired) electrons. The van der Waals surface area contributed by atoms with Crippen LogP contribution in [-0.4, -0.2) is 38.3 Å². The Balaban J connectivity index is 1.81. The van der Waals surface area contributed by atoms with E-state index in [9.17, 15) is 4.79 Å². The molecule has 0 aliphatic carbocycles. The van der Waals surface area contributed by atoms with Crippen molar-refractivity contribution < 1.29 is 4.79 Å². The number of fused-ring (bicyclic) bond motifs is 1. The molecule has 5 nitrogen and oxygen atoms in total. The van der Waals surface area contributed by atoms with Crippen molar-refractivity contribution in [2.45, 2.75) is 20.3 Å². The standard InChI is InChI=1S/C18H20N4O/c1-3-21(12-8-15-6-9-19-10-7-15)18(23)16-5-4-11-22-13-14(2)20-17(16)22/h4-7,9-11,13H,3,8,12H2,1-2H3. The number of hydrogen-bond acceptors (Lipinski definition) is 3. The molecule has 0 saturated carbocycles. The summed E-state index contributed by atoms with van der Waals surface area (Å²) in [6.45, 7) is 5.29. The number of pyridine rings is 2. The van der Waals surface area contributed by atoms with Gasteiger partial charge in [-0.1, -0.05) is 0 Å². The Morgan fingerprint density at radius 1 is 1.26 bits per heavy atom. The molecule has 3 rings (SSSR count). The van der Waals surface area contributed by atoms with E-state index in [-0.39, 0.29) is 5.91 Å². The molecule has 0 bridgehead atoms. The van der Waals surface area contributed by atoms with Gasteiger partial charge < -0.3 is 9.30 Å². The molecular formula is C18H20N4O. The number of imidazole rings is 1. The molecule has 0 unspecified atom stereocenters. The molecule has 0 atom stereocenters. The number of nitrogens with zero attached hydrogens (tertiary/aromatic N) is 4.